The molecule has 1 aliphatic rings. The molecular weight excluding hydrogens is 258 g/mol. The molecule has 1 aromatic heterocycles. The summed E-state index contributed by atoms with van der Waals surface area (Å²) in [4.78, 5) is 0. The van der Waals surface area contributed by atoms with Crippen molar-refractivity contribution in [3.8, 4) is 0 Å². The van der Waals surface area contributed by atoms with E-state index in [9.17, 15) is 0 Å². The first-order chi connectivity index (χ1) is 8.95. The van der Waals surface area contributed by atoms with Crippen molar-refractivity contribution in [3.63, 3.8) is 0 Å². The molecule has 19 heavy (non-hydrogen) atoms. The molecule has 2 N–H and O–H groups in total. The molecule has 1 heterocycles. The van der Waals surface area contributed by atoms with Gasteiger partial charge in [-0.05, 0) is 44.9 Å². The fourth-order valence-corrected chi connectivity index (χ4v) is 3.59. The Bertz CT molecular complexity index is 431. The molecule has 1 aromatic rings. The van der Waals surface area contributed by atoms with E-state index in [1.807, 2.05) is 14.0 Å². The number of halogens is 1. The summed E-state index contributed by atoms with van der Waals surface area (Å²) >= 11 is 6.32. The van der Waals surface area contributed by atoms with Crippen LogP contribution in [0.3, 0.4) is 0 Å². The van der Waals surface area contributed by atoms with E-state index in [2.05, 4.69) is 12.0 Å². The normalized spacial score (nSPS) is 27.7. The third kappa shape index (κ3) is 3.32. The van der Waals surface area contributed by atoms with Crippen molar-refractivity contribution in [1.82, 2.24) is 9.78 Å². The van der Waals surface area contributed by atoms with Gasteiger partial charge in [0, 0.05) is 18.2 Å². The summed E-state index contributed by atoms with van der Waals surface area (Å²) in [5, 5.41) is 5.13. The minimum absolute atomic E-state index is 0.0817. The molecule has 0 aliphatic heterocycles. The van der Waals surface area contributed by atoms with Gasteiger partial charge in [0.25, 0.3) is 0 Å². The third-order valence-electron chi connectivity index (χ3n) is 4.60. The van der Waals surface area contributed by atoms with Crippen LogP contribution in [-0.4, -0.2) is 15.3 Å². The maximum atomic E-state index is 6.60. The van der Waals surface area contributed by atoms with Crippen LogP contribution in [0.5, 0.6) is 0 Å². The molecule has 3 nitrogen and oxygen atoms in total. The Hall–Kier alpha value is -0.540. The topological polar surface area (TPSA) is 43.8 Å². The van der Waals surface area contributed by atoms with Gasteiger partial charge in [-0.2, -0.15) is 5.10 Å². The maximum absolute atomic E-state index is 6.60. The van der Waals surface area contributed by atoms with Gasteiger partial charge in [0.1, 0.15) is 5.15 Å². The van der Waals surface area contributed by atoms with Crippen LogP contribution < -0.4 is 5.73 Å². The van der Waals surface area contributed by atoms with E-state index in [0.717, 1.165) is 41.6 Å². The molecule has 1 saturated carbocycles. The summed E-state index contributed by atoms with van der Waals surface area (Å²) in [6.45, 7) is 4.29. The van der Waals surface area contributed by atoms with Crippen LogP contribution in [-0.2, 0) is 13.5 Å². The molecule has 0 spiro atoms. The molecule has 108 valence electrons. The Morgan fingerprint density at radius 2 is 2.05 bits per heavy atom. The molecule has 2 rings (SSSR count). The van der Waals surface area contributed by atoms with Crippen LogP contribution in [0.15, 0.2) is 0 Å². The molecule has 1 aliphatic carbocycles. The first-order valence-electron chi connectivity index (χ1n) is 7.42. The molecule has 0 amide bonds. The molecule has 0 aromatic carbocycles. The number of hydrogen-bond donors (Lipinski definition) is 1. The van der Waals surface area contributed by atoms with Gasteiger partial charge < -0.3 is 5.73 Å². The highest BCUT2D eigenvalue weighted by Gasteiger charge is 2.33. The summed E-state index contributed by atoms with van der Waals surface area (Å²) < 4.78 is 1.75. The van der Waals surface area contributed by atoms with Crippen molar-refractivity contribution in [2.45, 2.75) is 64.3 Å². The lowest BCUT2D eigenvalue weighted by Crippen LogP contribution is -2.45. The molecule has 0 unspecified atom stereocenters. The maximum Gasteiger partial charge on any atom is 0.130 e. The van der Waals surface area contributed by atoms with Crippen LogP contribution in [0.4, 0.5) is 0 Å². The zero-order chi connectivity index (χ0) is 14.0. The smallest absolute Gasteiger partial charge is 0.130 e. The number of nitrogens with zero attached hydrogens (tertiary/aromatic N) is 2. The average molecular weight is 284 g/mol. The number of hydrogen-bond acceptors (Lipinski definition) is 2. The number of rotatable bonds is 4. The van der Waals surface area contributed by atoms with Crippen LogP contribution in [0.1, 0.15) is 56.7 Å². The highest BCUT2D eigenvalue weighted by atomic mass is 35.5. The number of nitrogens with two attached hydrogens (primary N) is 1. The standard InChI is InChI=1S/C15H26ClN3/c1-4-5-12-6-8-15(17,9-7-12)10-13-11(2)18-19(3)14(13)16/h12H,4-10,17H2,1-3H3. The molecule has 1 fully saturated rings. The fraction of sp³-hybridized carbons (Fsp3) is 0.800. The third-order valence-corrected chi connectivity index (χ3v) is 5.07. The van der Waals surface area contributed by atoms with Crippen LogP contribution in [0, 0.1) is 12.8 Å². The Labute approximate surface area is 121 Å². The predicted octanol–water partition coefficient (Wildman–Crippen LogP) is 3.61. The van der Waals surface area contributed by atoms with Crippen LogP contribution in [0.25, 0.3) is 0 Å². The van der Waals surface area contributed by atoms with Gasteiger partial charge in [0.2, 0.25) is 0 Å². The van der Waals surface area contributed by atoms with Crippen LogP contribution in [0.2, 0.25) is 5.15 Å². The Morgan fingerprint density at radius 1 is 1.42 bits per heavy atom. The van der Waals surface area contributed by atoms with E-state index < -0.39 is 0 Å². The summed E-state index contributed by atoms with van der Waals surface area (Å²) in [6.07, 6.45) is 8.26. The second kappa shape index (κ2) is 5.84. The van der Waals surface area contributed by atoms with Crippen molar-refractivity contribution in [3.05, 3.63) is 16.4 Å². The zero-order valence-electron chi connectivity index (χ0n) is 12.4. The SMILES string of the molecule is CCCC1CCC(N)(Cc2c(C)nn(C)c2Cl)CC1. The highest BCUT2D eigenvalue weighted by molar-refractivity contribution is 6.30. The summed E-state index contributed by atoms with van der Waals surface area (Å²) in [7, 11) is 1.89. The second-order valence-electron chi connectivity index (χ2n) is 6.25. The van der Waals surface area contributed by atoms with Crippen LogP contribution >= 0.6 is 11.6 Å². The quantitative estimate of drug-likeness (QED) is 0.917. The molecular formula is C15H26ClN3. The van der Waals surface area contributed by atoms with Crippen molar-refractivity contribution in [1.29, 1.82) is 0 Å². The molecule has 0 bridgehead atoms. The molecule has 0 atom stereocenters. The minimum atomic E-state index is -0.0817. The van der Waals surface area contributed by atoms with Crippen molar-refractivity contribution in [2.24, 2.45) is 18.7 Å². The summed E-state index contributed by atoms with van der Waals surface area (Å²) in [5.74, 6) is 0.882. The fourth-order valence-electron chi connectivity index (χ4n) is 3.35. The first-order valence-corrected chi connectivity index (χ1v) is 7.80. The van der Waals surface area contributed by atoms with Gasteiger partial charge in [-0.25, -0.2) is 0 Å². The molecule has 4 heteroatoms. The second-order valence-corrected chi connectivity index (χ2v) is 6.61. The lowest BCUT2D eigenvalue weighted by molar-refractivity contribution is 0.223. The van der Waals surface area contributed by atoms with Crippen molar-refractivity contribution < 1.29 is 0 Å². The molecule has 0 saturated heterocycles. The Balaban J connectivity index is 2.03. The molecule has 0 radical (unpaired) electrons. The van der Waals surface area contributed by atoms with Gasteiger partial charge in [-0.15, -0.1) is 0 Å². The largest absolute Gasteiger partial charge is 0.325 e. The van der Waals surface area contributed by atoms with Gasteiger partial charge in [0.15, 0.2) is 0 Å². The Morgan fingerprint density at radius 3 is 2.53 bits per heavy atom. The van der Waals surface area contributed by atoms with E-state index in [1.165, 1.54) is 25.7 Å². The monoisotopic (exact) mass is 283 g/mol. The zero-order valence-corrected chi connectivity index (χ0v) is 13.1. The Kier molecular flexibility index (Phi) is 4.57. The first kappa shape index (κ1) is 14.9. The lowest BCUT2D eigenvalue weighted by atomic mass is 9.73. The predicted molar refractivity (Wildman–Crippen MR) is 80.4 cm³/mol. The van der Waals surface area contributed by atoms with E-state index in [4.69, 9.17) is 17.3 Å². The summed E-state index contributed by atoms with van der Waals surface area (Å²) in [5.41, 5.74) is 8.68. The summed E-state index contributed by atoms with van der Waals surface area (Å²) in [6, 6.07) is 0. The number of aromatic nitrogens is 2. The van der Waals surface area contributed by atoms with Gasteiger partial charge in [-0.3, -0.25) is 4.68 Å². The van der Waals surface area contributed by atoms with Gasteiger partial charge in [0.05, 0.1) is 5.69 Å². The van der Waals surface area contributed by atoms with Crippen molar-refractivity contribution in [2.75, 3.05) is 0 Å². The van der Waals surface area contributed by atoms with Gasteiger partial charge >= 0.3 is 0 Å². The number of aryl methyl sites for hydroxylation is 2. The van der Waals surface area contributed by atoms with E-state index in [0.29, 0.717) is 0 Å². The lowest BCUT2D eigenvalue weighted by Gasteiger charge is -2.37. The average Bonchev–Trinajstić information content (AvgIpc) is 2.60. The van der Waals surface area contributed by atoms with Gasteiger partial charge in [-0.1, -0.05) is 31.4 Å². The van der Waals surface area contributed by atoms with E-state index >= 15 is 0 Å². The minimum Gasteiger partial charge on any atom is -0.325 e. The van der Waals surface area contributed by atoms with E-state index in [1.54, 1.807) is 4.68 Å². The highest BCUT2D eigenvalue weighted by Crippen LogP contribution is 2.36. The van der Waals surface area contributed by atoms with Crippen molar-refractivity contribution >= 4 is 11.6 Å². The van der Waals surface area contributed by atoms with E-state index in [-0.39, 0.29) is 5.54 Å².